The lowest BCUT2D eigenvalue weighted by molar-refractivity contribution is 0.703. The molecule has 1 aliphatic rings. The van der Waals surface area contributed by atoms with Crippen LogP contribution in [0.4, 0.5) is 5.82 Å². The SMILES string of the molecule is N#Cc1cc(C#N)c(S[C@@H]2CCCCc3ccccc32)nc1N. The van der Waals surface area contributed by atoms with Crippen LogP contribution in [0.25, 0.3) is 0 Å². The van der Waals surface area contributed by atoms with E-state index >= 15 is 0 Å². The molecule has 1 aromatic heterocycles. The predicted molar refractivity (Wildman–Crippen MR) is 90.7 cm³/mol. The van der Waals surface area contributed by atoms with Gasteiger partial charge < -0.3 is 5.73 Å². The van der Waals surface area contributed by atoms with Crippen LogP contribution < -0.4 is 5.73 Å². The van der Waals surface area contributed by atoms with Crippen LogP contribution in [0.5, 0.6) is 0 Å². The first-order valence-corrected chi connectivity index (χ1v) is 8.46. The van der Waals surface area contributed by atoms with Crippen molar-refractivity contribution in [2.75, 3.05) is 5.73 Å². The second kappa shape index (κ2) is 6.73. The van der Waals surface area contributed by atoms with Crippen molar-refractivity contribution in [2.24, 2.45) is 0 Å². The molecule has 2 aromatic rings. The Labute approximate surface area is 140 Å². The van der Waals surface area contributed by atoms with Gasteiger partial charge in [0.05, 0.1) is 11.1 Å². The van der Waals surface area contributed by atoms with Crippen molar-refractivity contribution in [3.63, 3.8) is 0 Å². The number of nitriles is 2. The fraction of sp³-hybridized carbons (Fsp3) is 0.278. The first-order valence-electron chi connectivity index (χ1n) is 7.58. The van der Waals surface area contributed by atoms with E-state index in [1.807, 2.05) is 6.07 Å². The van der Waals surface area contributed by atoms with Crippen LogP contribution in [0.3, 0.4) is 0 Å². The van der Waals surface area contributed by atoms with E-state index in [0.717, 1.165) is 19.3 Å². The van der Waals surface area contributed by atoms with Crippen molar-refractivity contribution in [1.29, 1.82) is 10.5 Å². The minimum absolute atomic E-state index is 0.191. The third-order valence-corrected chi connectivity index (χ3v) is 5.38. The molecule has 1 atom stereocenters. The predicted octanol–water partition coefficient (Wildman–Crippen LogP) is 3.97. The lowest BCUT2D eigenvalue weighted by Crippen LogP contribution is -2.02. The van der Waals surface area contributed by atoms with Crippen LogP contribution in [0.15, 0.2) is 35.4 Å². The molecule has 0 amide bonds. The highest BCUT2D eigenvalue weighted by atomic mass is 32.2. The third-order valence-electron chi connectivity index (χ3n) is 4.08. The number of pyridine rings is 1. The van der Waals surface area contributed by atoms with E-state index in [9.17, 15) is 5.26 Å². The molecule has 1 aromatic carbocycles. The smallest absolute Gasteiger partial charge is 0.142 e. The summed E-state index contributed by atoms with van der Waals surface area (Å²) in [5, 5.41) is 19.3. The number of fused-ring (bicyclic) bond motifs is 1. The molecule has 1 heterocycles. The van der Waals surface area contributed by atoms with Gasteiger partial charge in [0.1, 0.15) is 23.0 Å². The number of hydrogen-bond acceptors (Lipinski definition) is 5. The number of aryl methyl sites for hydroxylation is 1. The van der Waals surface area contributed by atoms with E-state index in [2.05, 4.69) is 35.3 Å². The average Bonchev–Trinajstić information content (AvgIpc) is 2.78. The Hall–Kier alpha value is -2.50. The highest BCUT2D eigenvalue weighted by Crippen LogP contribution is 2.43. The maximum absolute atomic E-state index is 9.36. The van der Waals surface area contributed by atoms with Gasteiger partial charge in [-0.25, -0.2) is 4.98 Å². The van der Waals surface area contributed by atoms with Gasteiger partial charge >= 0.3 is 0 Å². The number of hydrogen-bond donors (Lipinski definition) is 1. The minimum Gasteiger partial charge on any atom is -0.383 e. The van der Waals surface area contributed by atoms with Crippen LogP contribution in [0.1, 0.15) is 46.8 Å². The summed E-state index contributed by atoms with van der Waals surface area (Å²) < 4.78 is 0. The third kappa shape index (κ3) is 3.16. The molecule has 0 saturated heterocycles. The molecule has 2 N–H and O–H groups in total. The normalized spacial score (nSPS) is 16.7. The van der Waals surface area contributed by atoms with Crippen LogP contribution in [0, 0.1) is 22.7 Å². The van der Waals surface area contributed by atoms with E-state index in [4.69, 9.17) is 11.0 Å². The standard InChI is InChI=1S/C18H16N4S/c19-10-13-9-14(11-20)18(22-17(13)21)23-16-8-4-2-6-12-5-1-3-7-15(12)16/h1,3,5,7,9,16H,2,4,6,8H2,(H2,21,22)/t16-/m1/s1. The summed E-state index contributed by atoms with van der Waals surface area (Å²) >= 11 is 1.58. The molecule has 114 valence electrons. The molecule has 0 aliphatic heterocycles. The van der Waals surface area contributed by atoms with Crippen molar-refractivity contribution < 1.29 is 0 Å². The Morgan fingerprint density at radius 2 is 1.91 bits per heavy atom. The number of nitrogens with zero attached hydrogens (tertiary/aromatic N) is 3. The van der Waals surface area contributed by atoms with Gasteiger partial charge in [-0.3, -0.25) is 0 Å². The zero-order chi connectivity index (χ0) is 16.2. The number of anilines is 1. The first-order chi connectivity index (χ1) is 11.2. The summed E-state index contributed by atoms with van der Waals surface area (Å²) in [6, 6.07) is 14.1. The Balaban J connectivity index is 1.98. The molecule has 4 nitrogen and oxygen atoms in total. The number of benzene rings is 1. The second-order valence-corrected chi connectivity index (χ2v) is 6.74. The summed E-state index contributed by atoms with van der Waals surface area (Å²) in [6.45, 7) is 0. The zero-order valence-electron chi connectivity index (χ0n) is 12.6. The Morgan fingerprint density at radius 1 is 1.13 bits per heavy atom. The van der Waals surface area contributed by atoms with E-state index in [-0.39, 0.29) is 16.6 Å². The van der Waals surface area contributed by atoms with Gasteiger partial charge in [-0.1, -0.05) is 42.4 Å². The van der Waals surface area contributed by atoms with Crippen molar-refractivity contribution in [3.05, 3.63) is 52.6 Å². The lowest BCUT2D eigenvalue weighted by atomic mass is 10.0. The molecule has 1 aliphatic carbocycles. The van der Waals surface area contributed by atoms with Gasteiger partial charge in [0.25, 0.3) is 0 Å². The van der Waals surface area contributed by atoms with Gasteiger partial charge in [0.2, 0.25) is 0 Å². The zero-order valence-corrected chi connectivity index (χ0v) is 13.4. The monoisotopic (exact) mass is 320 g/mol. The molecule has 0 bridgehead atoms. The highest BCUT2D eigenvalue weighted by Gasteiger charge is 2.22. The molecular formula is C18H16N4S. The molecule has 23 heavy (non-hydrogen) atoms. The quantitative estimate of drug-likeness (QED) is 0.846. The van der Waals surface area contributed by atoms with Crippen LogP contribution in [-0.4, -0.2) is 4.98 Å². The number of nitrogens with two attached hydrogens (primary N) is 1. The molecule has 3 rings (SSSR count). The van der Waals surface area contributed by atoms with Gasteiger partial charge in [-0.15, -0.1) is 0 Å². The molecule has 0 fully saturated rings. The highest BCUT2D eigenvalue weighted by molar-refractivity contribution is 7.99. The number of rotatable bonds is 2. The molecule has 0 radical (unpaired) electrons. The van der Waals surface area contributed by atoms with Crippen molar-refractivity contribution in [3.8, 4) is 12.1 Å². The maximum Gasteiger partial charge on any atom is 0.142 e. The van der Waals surface area contributed by atoms with Crippen molar-refractivity contribution in [1.82, 2.24) is 4.98 Å². The van der Waals surface area contributed by atoms with Gasteiger partial charge in [0, 0.05) is 5.25 Å². The fourth-order valence-corrected chi connectivity index (χ4v) is 4.20. The lowest BCUT2D eigenvalue weighted by Gasteiger charge is -2.17. The van der Waals surface area contributed by atoms with Gasteiger partial charge in [0.15, 0.2) is 0 Å². The van der Waals surface area contributed by atoms with E-state index in [0.29, 0.717) is 10.6 Å². The summed E-state index contributed by atoms with van der Waals surface area (Å²) in [5.74, 6) is 0.191. The van der Waals surface area contributed by atoms with Crippen LogP contribution in [0.2, 0.25) is 0 Å². The van der Waals surface area contributed by atoms with Crippen LogP contribution >= 0.6 is 11.8 Å². The summed E-state index contributed by atoms with van der Waals surface area (Å²) in [4.78, 5) is 4.31. The van der Waals surface area contributed by atoms with Gasteiger partial charge in [-0.2, -0.15) is 10.5 Å². The Morgan fingerprint density at radius 3 is 2.70 bits per heavy atom. The number of aromatic nitrogens is 1. The second-order valence-electron chi connectivity index (χ2n) is 5.55. The summed E-state index contributed by atoms with van der Waals surface area (Å²) in [7, 11) is 0. The topological polar surface area (TPSA) is 86.5 Å². The van der Waals surface area contributed by atoms with Gasteiger partial charge in [-0.05, 0) is 36.5 Å². The van der Waals surface area contributed by atoms with Crippen molar-refractivity contribution in [2.45, 2.75) is 36.0 Å². The largest absolute Gasteiger partial charge is 0.383 e. The van der Waals surface area contributed by atoms with E-state index in [1.54, 1.807) is 11.8 Å². The average molecular weight is 320 g/mol. The molecule has 0 spiro atoms. The van der Waals surface area contributed by atoms with Crippen LogP contribution in [-0.2, 0) is 6.42 Å². The first kappa shape index (κ1) is 15.4. The van der Waals surface area contributed by atoms with E-state index < -0.39 is 0 Å². The fourth-order valence-electron chi connectivity index (χ4n) is 2.90. The molecular weight excluding hydrogens is 304 g/mol. The molecule has 5 heteroatoms. The summed E-state index contributed by atoms with van der Waals surface area (Å²) in [5.41, 5.74) is 9.21. The Bertz CT molecular complexity index is 817. The molecule has 0 unspecified atom stereocenters. The minimum atomic E-state index is 0.191. The van der Waals surface area contributed by atoms with Crippen molar-refractivity contribution >= 4 is 17.6 Å². The molecule has 0 saturated carbocycles. The Kier molecular flexibility index (Phi) is 4.50. The number of nitrogen functional groups attached to an aromatic ring is 1. The summed E-state index contributed by atoms with van der Waals surface area (Å²) in [6.07, 6.45) is 4.48. The number of thioether (sulfide) groups is 1. The van der Waals surface area contributed by atoms with E-state index in [1.165, 1.54) is 23.6 Å². The maximum atomic E-state index is 9.36.